The third kappa shape index (κ3) is 1.35. The van der Waals surface area contributed by atoms with Crippen molar-refractivity contribution in [2.75, 3.05) is 0 Å². The molecule has 0 radical (unpaired) electrons. The SMILES string of the molecule is CC=C1C=CC2(CCCCC2)C1. The molecule has 66 valence electrons. The zero-order valence-electron chi connectivity index (χ0n) is 7.97. The molecule has 0 aromatic carbocycles. The zero-order chi connectivity index (χ0) is 8.44. The van der Waals surface area contributed by atoms with Crippen LogP contribution in [-0.4, -0.2) is 0 Å². The second-order valence-corrected chi connectivity index (χ2v) is 4.30. The average molecular weight is 162 g/mol. The van der Waals surface area contributed by atoms with Gasteiger partial charge in [0, 0.05) is 0 Å². The van der Waals surface area contributed by atoms with E-state index >= 15 is 0 Å². The van der Waals surface area contributed by atoms with Gasteiger partial charge in [0.2, 0.25) is 0 Å². The Hall–Kier alpha value is -0.520. The van der Waals surface area contributed by atoms with Gasteiger partial charge in [-0.05, 0) is 31.6 Å². The molecule has 0 aromatic heterocycles. The first-order chi connectivity index (χ1) is 5.85. The van der Waals surface area contributed by atoms with Gasteiger partial charge in [0.15, 0.2) is 0 Å². The van der Waals surface area contributed by atoms with Crippen LogP contribution in [0.25, 0.3) is 0 Å². The van der Waals surface area contributed by atoms with E-state index in [2.05, 4.69) is 25.2 Å². The molecule has 2 aliphatic carbocycles. The van der Waals surface area contributed by atoms with E-state index in [1.807, 2.05) is 0 Å². The summed E-state index contributed by atoms with van der Waals surface area (Å²) < 4.78 is 0. The average Bonchev–Trinajstić information content (AvgIpc) is 2.50. The Morgan fingerprint density at radius 1 is 1.25 bits per heavy atom. The van der Waals surface area contributed by atoms with Gasteiger partial charge >= 0.3 is 0 Å². The smallest absolute Gasteiger partial charge is 0.00748 e. The van der Waals surface area contributed by atoms with E-state index in [-0.39, 0.29) is 0 Å². The van der Waals surface area contributed by atoms with Crippen LogP contribution in [-0.2, 0) is 0 Å². The molecule has 0 atom stereocenters. The van der Waals surface area contributed by atoms with Crippen LogP contribution >= 0.6 is 0 Å². The van der Waals surface area contributed by atoms with E-state index in [0.29, 0.717) is 5.41 Å². The molecule has 0 nitrogen and oxygen atoms in total. The highest BCUT2D eigenvalue weighted by Gasteiger charge is 2.32. The van der Waals surface area contributed by atoms with Gasteiger partial charge in [-0.1, -0.05) is 43.1 Å². The minimum absolute atomic E-state index is 0.597. The fourth-order valence-electron chi connectivity index (χ4n) is 2.61. The van der Waals surface area contributed by atoms with Crippen molar-refractivity contribution in [3.05, 3.63) is 23.8 Å². The van der Waals surface area contributed by atoms with E-state index in [1.54, 1.807) is 5.57 Å². The molecule has 1 fully saturated rings. The topological polar surface area (TPSA) is 0 Å². The predicted molar refractivity (Wildman–Crippen MR) is 53.0 cm³/mol. The monoisotopic (exact) mass is 162 g/mol. The number of hydrogen-bond donors (Lipinski definition) is 0. The van der Waals surface area contributed by atoms with Crippen LogP contribution in [0.4, 0.5) is 0 Å². The maximum atomic E-state index is 2.47. The standard InChI is InChI=1S/C12H18/c1-2-11-6-9-12(10-11)7-4-3-5-8-12/h2,6,9H,3-5,7-8,10H2,1H3. The number of allylic oxidation sites excluding steroid dienone is 4. The fraction of sp³-hybridized carbons (Fsp3) is 0.667. The lowest BCUT2D eigenvalue weighted by Crippen LogP contribution is -2.18. The molecule has 0 saturated heterocycles. The second kappa shape index (κ2) is 3.08. The summed E-state index contributed by atoms with van der Waals surface area (Å²) in [6.07, 6.45) is 15.6. The third-order valence-corrected chi connectivity index (χ3v) is 3.43. The Bertz CT molecular complexity index is 214. The van der Waals surface area contributed by atoms with Gasteiger partial charge in [-0.25, -0.2) is 0 Å². The summed E-state index contributed by atoms with van der Waals surface area (Å²) in [5.41, 5.74) is 2.15. The first kappa shape index (κ1) is 8.10. The molecule has 1 spiro atoms. The summed E-state index contributed by atoms with van der Waals surface area (Å²) in [5.74, 6) is 0. The molecule has 0 aliphatic heterocycles. The van der Waals surface area contributed by atoms with E-state index in [9.17, 15) is 0 Å². The molecule has 0 unspecified atom stereocenters. The third-order valence-electron chi connectivity index (χ3n) is 3.43. The molecule has 1 saturated carbocycles. The van der Waals surface area contributed by atoms with Crippen molar-refractivity contribution in [3.8, 4) is 0 Å². The van der Waals surface area contributed by atoms with E-state index in [0.717, 1.165) is 0 Å². The van der Waals surface area contributed by atoms with Crippen LogP contribution in [0.15, 0.2) is 23.8 Å². The maximum absolute atomic E-state index is 2.47. The van der Waals surface area contributed by atoms with Crippen LogP contribution in [0.5, 0.6) is 0 Å². The molecule has 2 aliphatic rings. The number of rotatable bonds is 0. The molecule has 0 N–H and O–H groups in total. The molecule has 0 heterocycles. The molecule has 0 heteroatoms. The van der Waals surface area contributed by atoms with Crippen molar-refractivity contribution in [1.82, 2.24) is 0 Å². The summed E-state index contributed by atoms with van der Waals surface area (Å²) in [4.78, 5) is 0. The van der Waals surface area contributed by atoms with E-state index in [1.165, 1.54) is 38.5 Å². The highest BCUT2D eigenvalue weighted by molar-refractivity contribution is 5.30. The summed E-state index contributed by atoms with van der Waals surface area (Å²) >= 11 is 0. The van der Waals surface area contributed by atoms with Crippen LogP contribution in [0, 0.1) is 5.41 Å². The zero-order valence-corrected chi connectivity index (χ0v) is 7.97. The highest BCUT2D eigenvalue weighted by Crippen LogP contribution is 2.46. The van der Waals surface area contributed by atoms with Crippen molar-refractivity contribution in [2.45, 2.75) is 45.4 Å². The lowest BCUT2D eigenvalue weighted by molar-refractivity contribution is 0.266. The summed E-state index contributed by atoms with van der Waals surface area (Å²) in [6, 6.07) is 0. The summed E-state index contributed by atoms with van der Waals surface area (Å²) in [7, 11) is 0. The molecular formula is C12H18. The van der Waals surface area contributed by atoms with Gasteiger partial charge in [-0.3, -0.25) is 0 Å². The van der Waals surface area contributed by atoms with Gasteiger partial charge in [0.1, 0.15) is 0 Å². The van der Waals surface area contributed by atoms with Crippen molar-refractivity contribution in [3.63, 3.8) is 0 Å². The number of hydrogen-bond acceptors (Lipinski definition) is 0. The second-order valence-electron chi connectivity index (χ2n) is 4.30. The van der Waals surface area contributed by atoms with Gasteiger partial charge in [0.25, 0.3) is 0 Å². The minimum atomic E-state index is 0.597. The largest absolute Gasteiger partial charge is 0.0844 e. The quantitative estimate of drug-likeness (QED) is 0.507. The van der Waals surface area contributed by atoms with Gasteiger partial charge in [-0.2, -0.15) is 0 Å². The van der Waals surface area contributed by atoms with Crippen LogP contribution in [0.3, 0.4) is 0 Å². The lowest BCUT2D eigenvalue weighted by Gasteiger charge is -2.31. The van der Waals surface area contributed by atoms with Crippen molar-refractivity contribution >= 4 is 0 Å². The Morgan fingerprint density at radius 2 is 2.00 bits per heavy atom. The molecular weight excluding hydrogens is 144 g/mol. The fourth-order valence-corrected chi connectivity index (χ4v) is 2.61. The summed E-state index contributed by atoms with van der Waals surface area (Å²) in [5, 5.41) is 0. The molecule has 12 heavy (non-hydrogen) atoms. The Morgan fingerprint density at radius 3 is 2.58 bits per heavy atom. The predicted octanol–water partition coefficient (Wildman–Crippen LogP) is 3.84. The van der Waals surface area contributed by atoms with Gasteiger partial charge in [0.05, 0.1) is 0 Å². The first-order valence-corrected chi connectivity index (χ1v) is 5.19. The van der Waals surface area contributed by atoms with Crippen LogP contribution in [0.2, 0.25) is 0 Å². The van der Waals surface area contributed by atoms with Crippen LogP contribution in [0.1, 0.15) is 45.4 Å². The van der Waals surface area contributed by atoms with Crippen LogP contribution < -0.4 is 0 Å². The first-order valence-electron chi connectivity index (χ1n) is 5.19. The van der Waals surface area contributed by atoms with Gasteiger partial charge < -0.3 is 0 Å². The van der Waals surface area contributed by atoms with Crippen molar-refractivity contribution < 1.29 is 0 Å². The molecule has 2 rings (SSSR count). The maximum Gasteiger partial charge on any atom is -0.00748 e. The molecule has 0 amide bonds. The normalized spacial score (nSPS) is 30.2. The van der Waals surface area contributed by atoms with E-state index in [4.69, 9.17) is 0 Å². The van der Waals surface area contributed by atoms with E-state index < -0.39 is 0 Å². The Kier molecular flexibility index (Phi) is 2.08. The molecule has 0 aromatic rings. The Labute approximate surface area is 75.4 Å². The van der Waals surface area contributed by atoms with Crippen molar-refractivity contribution in [2.24, 2.45) is 5.41 Å². The lowest BCUT2D eigenvalue weighted by atomic mass is 9.73. The Balaban J connectivity index is 2.09. The highest BCUT2D eigenvalue weighted by atomic mass is 14.4. The summed E-state index contributed by atoms with van der Waals surface area (Å²) in [6.45, 7) is 2.15. The van der Waals surface area contributed by atoms with Gasteiger partial charge in [-0.15, -0.1) is 0 Å². The minimum Gasteiger partial charge on any atom is -0.0844 e. The molecule has 0 bridgehead atoms. The van der Waals surface area contributed by atoms with Crippen molar-refractivity contribution in [1.29, 1.82) is 0 Å².